The Balaban J connectivity index is 1.74. The Morgan fingerprint density at radius 1 is 1.17 bits per heavy atom. The number of fused-ring (bicyclic) bond motifs is 2. The summed E-state index contributed by atoms with van der Waals surface area (Å²) in [6.45, 7) is 7.89. The lowest BCUT2D eigenvalue weighted by Gasteiger charge is -2.30. The molecule has 4 heterocycles. The van der Waals surface area contributed by atoms with E-state index in [9.17, 15) is 0 Å². The minimum atomic E-state index is 0.334. The molecular formula is C16H19N7. The molecule has 1 aliphatic heterocycles. The van der Waals surface area contributed by atoms with Crippen LogP contribution >= 0.6 is 0 Å². The van der Waals surface area contributed by atoms with Gasteiger partial charge in [0.05, 0.1) is 12.2 Å². The van der Waals surface area contributed by atoms with Crippen molar-refractivity contribution in [3.05, 3.63) is 41.4 Å². The topological polar surface area (TPSA) is 72.1 Å². The average molecular weight is 309 g/mol. The summed E-state index contributed by atoms with van der Waals surface area (Å²) in [5, 5.41) is 4.31. The molecule has 0 atom stereocenters. The molecule has 0 fully saturated rings. The van der Waals surface area contributed by atoms with Crippen LogP contribution in [-0.4, -0.2) is 36.1 Å². The molecule has 0 N–H and O–H groups in total. The third-order valence-corrected chi connectivity index (χ3v) is 4.17. The Bertz CT molecular complexity index is 868. The van der Waals surface area contributed by atoms with Crippen LogP contribution in [0.15, 0.2) is 18.6 Å². The maximum absolute atomic E-state index is 4.76. The molecule has 7 heteroatoms. The molecule has 7 nitrogen and oxygen atoms in total. The molecule has 0 amide bonds. The zero-order valence-electron chi connectivity index (χ0n) is 13.6. The van der Waals surface area contributed by atoms with Crippen molar-refractivity contribution in [3.8, 4) is 0 Å². The highest BCUT2D eigenvalue weighted by Gasteiger charge is 2.22. The Labute approximate surface area is 134 Å². The normalized spacial score (nSPS) is 14.5. The number of hydrogen-bond acceptors (Lipinski definition) is 6. The Hall–Kier alpha value is -2.57. The predicted octanol–water partition coefficient (Wildman–Crippen LogP) is 1.91. The van der Waals surface area contributed by atoms with Crippen molar-refractivity contribution in [2.45, 2.75) is 39.7 Å². The number of anilines is 1. The summed E-state index contributed by atoms with van der Waals surface area (Å²) in [4.78, 5) is 20.1. The SMILES string of the molecule is Cc1cc(N2CCc3cnc(C(C)C)nc3C2)n2ncnc2n1. The van der Waals surface area contributed by atoms with Crippen LogP contribution in [0.5, 0.6) is 0 Å². The van der Waals surface area contributed by atoms with Crippen LogP contribution in [0.3, 0.4) is 0 Å². The fraction of sp³-hybridized carbons (Fsp3) is 0.438. The van der Waals surface area contributed by atoms with Crippen molar-refractivity contribution < 1.29 is 0 Å². The van der Waals surface area contributed by atoms with E-state index >= 15 is 0 Å². The molecule has 0 saturated heterocycles. The summed E-state index contributed by atoms with van der Waals surface area (Å²) in [5.74, 6) is 2.89. The minimum Gasteiger partial charge on any atom is -0.350 e. The van der Waals surface area contributed by atoms with Gasteiger partial charge >= 0.3 is 0 Å². The molecule has 4 rings (SSSR count). The Morgan fingerprint density at radius 3 is 2.87 bits per heavy atom. The summed E-state index contributed by atoms with van der Waals surface area (Å²) < 4.78 is 1.79. The molecular weight excluding hydrogens is 290 g/mol. The summed E-state index contributed by atoms with van der Waals surface area (Å²) in [6, 6.07) is 2.05. The molecule has 0 aliphatic carbocycles. The van der Waals surface area contributed by atoms with Gasteiger partial charge in [0, 0.05) is 30.4 Å². The highest BCUT2D eigenvalue weighted by atomic mass is 15.4. The van der Waals surface area contributed by atoms with Gasteiger partial charge in [-0.05, 0) is 18.9 Å². The summed E-state index contributed by atoms with van der Waals surface area (Å²) in [5.41, 5.74) is 3.29. The fourth-order valence-corrected chi connectivity index (χ4v) is 2.93. The van der Waals surface area contributed by atoms with Crippen molar-refractivity contribution in [1.82, 2.24) is 29.5 Å². The summed E-state index contributed by atoms with van der Waals surface area (Å²) >= 11 is 0. The van der Waals surface area contributed by atoms with Crippen LogP contribution in [0.4, 0.5) is 5.82 Å². The molecule has 0 aromatic carbocycles. The van der Waals surface area contributed by atoms with E-state index in [1.54, 1.807) is 10.8 Å². The van der Waals surface area contributed by atoms with E-state index in [4.69, 9.17) is 4.98 Å². The summed E-state index contributed by atoms with van der Waals surface area (Å²) in [6.07, 6.45) is 4.46. The van der Waals surface area contributed by atoms with Gasteiger partial charge in [-0.25, -0.2) is 15.0 Å². The standard InChI is InChI=1S/C16H19N7/c1-10(2)15-17-7-12-4-5-22(8-13(12)21-15)14-6-11(3)20-16-18-9-19-23(14)16/h6-7,9-10H,4-5,8H2,1-3H3. The quantitative estimate of drug-likeness (QED) is 0.720. The van der Waals surface area contributed by atoms with Gasteiger partial charge in [0.25, 0.3) is 5.78 Å². The van der Waals surface area contributed by atoms with E-state index in [-0.39, 0.29) is 0 Å². The molecule has 0 unspecified atom stereocenters. The minimum absolute atomic E-state index is 0.334. The largest absolute Gasteiger partial charge is 0.350 e. The lowest BCUT2D eigenvalue weighted by molar-refractivity contribution is 0.659. The second kappa shape index (κ2) is 5.26. The van der Waals surface area contributed by atoms with Crippen LogP contribution in [0.25, 0.3) is 5.78 Å². The smallest absolute Gasteiger partial charge is 0.254 e. The van der Waals surface area contributed by atoms with Gasteiger partial charge in [-0.2, -0.15) is 14.6 Å². The predicted molar refractivity (Wildman–Crippen MR) is 86.4 cm³/mol. The van der Waals surface area contributed by atoms with Gasteiger partial charge in [-0.15, -0.1) is 0 Å². The van der Waals surface area contributed by atoms with Gasteiger partial charge in [0.1, 0.15) is 18.0 Å². The zero-order valence-corrected chi connectivity index (χ0v) is 13.6. The maximum Gasteiger partial charge on any atom is 0.254 e. The van der Waals surface area contributed by atoms with Crippen molar-refractivity contribution in [2.75, 3.05) is 11.4 Å². The first-order chi connectivity index (χ1) is 11.1. The van der Waals surface area contributed by atoms with Gasteiger partial charge in [0.15, 0.2) is 0 Å². The van der Waals surface area contributed by atoms with E-state index in [2.05, 4.69) is 44.9 Å². The zero-order chi connectivity index (χ0) is 16.0. The lowest BCUT2D eigenvalue weighted by atomic mass is 10.1. The van der Waals surface area contributed by atoms with Gasteiger partial charge < -0.3 is 4.90 Å². The van der Waals surface area contributed by atoms with Crippen molar-refractivity contribution >= 4 is 11.6 Å². The van der Waals surface area contributed by atoms with E-state index in [1.165, 1.54) is 5.56 Å². The van der Waals surface area contributed by atoms with E-state index in [1.807, 2.05) is 13.1 Å². The van der Waals surface area contributed by atoms with Crippen molar-refractivity contribution in [2.24, 2.45) is 0 Å². The Morgan fingerprint density at radius 2 is 2.04 bits per heavy atom. The van der Waals surface area contributed by atoms with Gasteiger partial charge in [-0.1, -0.05) is 13.8 Å². The molecule has 3 aromatic heterocycles. The van der Waals surface area contributed by atoms with Crippen LogP contribution in [0.2, 0.25) is 0 Å². The lowest BCUT2D eigenvalue weighted by Crippen LogP contribution is -2.33. The van der Waals surface area contributed by atoms with Gasteiger partial charge in [0.2, 0.25) is 0 Å². The fourth-order valence-electron chi connectivity index (χ4n) is 2.93. The number of aromatic nitrogens is 6. The second-order valence-corrected chi connectivity index (χ2v) is 6.25. The third-order valence-electron chi connectivity index (χ3n) is 4.17. The molecule has 23 heavy (non-hydrogen) atoms. The molecule has 0 saturated carbocycles. The number of hydrogen-bond donors (Lipinski definition) is 0. The number of nitrogens with zero attached hydrogens (tertiary/aromatic N) is 7. The summed E-state index contributed by atoms with van der Waals surface area (Å²) in [7, 11) is 0. The molecule has 118 valence electrons. The van der Waals surface area contributed by atoms with Gasteiger partial charge in [-0.3, -0.25) is 0 Å². The van der Waals surface area contributed by atoms with Crippen LogP contribution in [0.1, 0.15) is 42.5 Å². The van der Waals surface area contributed by atoms with E-state index < -0.39 is 0 Å². The van der Waals surface area contributed by atoms with E-state index in [0.29, 0.717) is 11.7 Å². The Kier molecular flexibility index (Phi) is 3.21. The van der Waals surface area contributed by atoms with Crippen LogP contribution in [0, 0.1) is 6.92 Å². The number of rotatable bonds is 2. The first kappa shape index (κ1) is 14.0. The first-order valence-electron chi connectivity index (χ1n) is 7.89. The van der Waals surface area contributed by atoms with Crippen molar-refractivity contribution in [1.29, 1.82) is 0 Å². The number of aryl methyl sites for hydroxylation is 1. The molecule has 1 aliphatic rings. The third kappa shape index (κ3) is 2.42. The molecule has 0 spiro atoms. The highest BCUT2D eigenvalue weighted by molar-refractivity contribution is 5.49. The van der Waals surface area contributed by atoms with Crippen molar-refractivity contribution in [3.63, 3.8) is 0 Å². The molecule has 0 bridgehead atoms. The molecule has 0 radical (unpaired) electrons. The van der Waals surface area contributed by atoms with Crippen LogP contribution < -0.4 is 4.90 Å². The maximum atomic E-state index is 4.76. The first-order valence-corrected chi connectivity index (χ1v) is 7.89. The monoisotopic (exact) mass is 309 g/mol. The van der Waals surface area contributed by atoms with E-state index in [0.717, 1.165) is 42.5 Å². The highest BCUT2D eigenvalue weighted by Crippen LogP contribution is 2.24. The van der Waals surface area contributed by atoms with Crippen LogP contribution in [-0.2, 0) is 13.0 Å². The average Bonchev–Trinajstić information content (AvgIpc) is 3.01. The molecule has 3 aromatic rings. The second-order valence-electron chi connectivity index (χ2n) is 6.25.